The van der Waals surface area contributed by atoms with Crippen LogP contribution in [0.4, 0.5) is 0 Å². The van der Waals surface area contributed by atoms with Crippen molar-refractivity contribution in [3.05, 3.63) is 0 Å². The number of hydrogen-bond donors (Lipinski definition) is 2. The van der Waals surface area contributed by atoms with Crippen LogP contribution in [0.5, 0.6) is 0 Å². The van der Waals surface area contributed by atoms with E-state index in [9.17, 15) is 10.2 Å². The molecular formula is C11H20O5. The van der Waals surface area contributed by atoms with Crippen LogP contribution < -0.4 is 0 Å². The Labute approximate surface area is 95.3 Å². The van der Waals surface area contributed by atoms with Gasteiger partial charge in [-0.15, -0.1) is 0 Å². The van der Waals surface area contributed by atoms with Crippen LogP contribution in [0.25, 0.3) is 0 Å². The first-order chi connectivity index (χ1) is 7.73. The zero-order valence-electron chi connectivity index (χ0n) is 9.76. The third-order valence-corrected chi connectivity index (χ3v) is 4.05. The second kappa shape index (κ2) is 4.58. The van der Waals surface area contributed by atoms with Crippen molar-refractivity contribution in [1.82, 2.24) is 0 Å². The summed E-state index contributed by atoms with van der Waals surface area (Å²) in [6.45, 7) is 0.0305. The molecule has 0 aromatic heterocycles. The Kier molecular flexibility index (Phi) is 3.51. The van der Waals surface area contributed by atoms with Crippen LogP contribution in [-0.2, 0) is 14.2 Å². The number of fused-ring (bicyclic) bond motifs is 2. The maximum Gasteiger partial charge on any atom is 0.186 e. The van der Waals surface area contributed by atoms with Crippen molar-refractivity contribution < 1.29 is 24.4 Å². The molecule has 0 aliphatic carbocycles. The van der Waals surface area contributed by atoms with Crippen LogP contribution in [0.3, 0.4) is 0 Å². The molecular weight excluding hydrogens is 212 g/mol. The van der Waals surface area contributed by atoms with E-state index in [0.717, 1.165) is 12.8 Å². The molecule has 2 aliphatic heterocycles. The molecule has 0 spiro atoms. The van der Waals surface area contributed by atoms with Gasteiger partial charge in [0.15, 0.2) is 6.29 Å². The van der Waals surface area contributed by atoms with Crippen LogP contribution in [0.2, 0.25) is 0 Å². The highest BCUT2D eigenvalue weighted by Crippen LogP contribution is 2.53. The number of aliphatic hydroxyl groups is 2. The SMILES string of the molecule is COC(OC)[C@@]12CC[C@@H](O1)[C@@H](CO)[C@H]2CO. The van der Waals surface area contributed by atoms with E-state index in [4.69, 9.17) is 14.2 Å². The van der Waals surface area contributed by atoms with Crippen LogP contribution >= 0.6 is 0 Å². The Balaban J connectivity index is 2.25. The lowest BCUT2D eigenvalue weighted by Gasteiger charge is -2.38. The first-order valence-electron chi connectivity index (χ1n) is 5.68. The molecule has 2 rings (SSSR count). The quantitative estimate of drug-likeness (QED) is 0.640. The normalized spacial score (nSPS) is 42.2. The molecule has 2 aliphatic rings. The van der Waals surface area contributed by atoms with Gasteiger partial charge in [-0.2, -0.15) is 0 Å². The van der Waals surface area contributed by atoms with Crippen LogP contribution in [-0.4, -0.2) is 55.6 Å². The van der Waals surface area contributed by atoms with Crippen molar-refractivity contribution in [3.63, 3.8) is 0 Å². The molecule has 4 atom stereocenters. The third kappa shape index (κ3) is 1.50. The lowest BCUT2D eigenvalue weighted by atomic mass is 9.72. The molecule has 0 radical (unpaired) electrons. The molecule has 0 unspecified atom stereocenters. The fraction of sp³-hybridized carbons (Fsp3) is 1.00. The molecule has 2 saturated heterocycles. The minimum absolute atomic E-state index is 0.00782. The van der Waals surface area contributed by atoms with Crippen molar-refractivity contribution in [3.8, 4) is 0 Å². The van der Waals surface area contributed by atoms with Crippen molar-refractivity contribution in [2.75, 3.05) is 27.4 Å². The lowest BCUT2D eigenvalue weighted by molar-refractivity contribution is -0.227. The molecule has 2 heterocycles. The highest BCUT2D eigenvalue weighted by molar-refractivity contribution is 5.08. The Hall–Kier alpha value is -0.200. The molecule has 0 amide bonds. The maximum atomic E-state index is 9.49. The van der Waals surface area contributed by atoms with Crippen LogP contribution in [0.15, 0.2) is 0 Å². The van der Waals surface area contributed by atoms with Crippen LogP contribution in [0.1, 0.15) is 12.8 Å². The molecule has 2 N–H and O–H groups in total. The van der Waals surface area contributed by atoms with Gasteiger partial charge in [-0.05, 0) is 12.8 Å². The van der Waals surface area contributed by atoms with Crippen molar-refractivity contribution in [1.29, 1.82) is 0 Å². The number of ether oxygens (including phenoxy) is 3. The van der Waals surface area contributed by atoms with Gasteiger partial charge in [-0.1, -0.05) is 0 Å². The summed E-state index contributed by atoms with van der Waals surface area (Å²) in [5, 5.41) is 18.9. The number of methoxy groups -OCH3 is 2. The molecule has 5 heteroatoms. The summed E-state index contributed by atoms with van der Waals surface area (Å²) >= 11 is 0. The predicted molar refractivity (Wildman–Crippen MR) is 55.8 cm³/mol. The van der Waals surface area contributed by atoms with E-state index in [0.29, 0.717) is 0 Å². The van der Waals surface area contributed by atoms with E-state index in [1.54, 1.807) is 14.2 Å². The molecule has 0 saturated carbocycles. The molecule has 2 bridgehead atoms. The van der Waals surface area contributed by atoms with E-state index in [-0.39, 0.29) is 31.2 Å². The zero-order chi connectivity index (χ0) is 11.8. The summed E-state index contributed by atoms with van der Waals surface area (Å²) in [5.41, 5.74) is -0.587. The first-order valence-corrected chi connectivity index (χ1v) is 5.68. The number of rotatable bonds is 5. The summed E-state index contributed by atoms with van der Waals surface area (Å²) < 4.78 is 16.5. The summed E-state index contributed by atoms with van der Waals surface area (Å²) in [4.78, 5) is 0. The van der Waals surface area contributed by atoms with Gasteiger partial charge >= 0.3 is 0 Å². The fourth-order valence-corrected chi connectivity index (χ4v) is 3.34. The molecule has 5 nitrogen and oxygen atoms in total. The van der Waals surface area contributed by atoms with E-state index in [2.05, 4.69) is 0 Å². The van der Waals surface area contributed by atoms with Crippen molar-refractivity contribution in [2.24, 2.45) is 11.8 Å². The number of hydrogen-bond acceptors (Lipinski definition) is 5. The second-order valence-corrected chi connectivity index (χ2v) is 4.59. The monoisotopic (exact) mass is 232 g/mol. The van der Waals surface area contributed by atoms with Gasteiger partial charge in [-0.3, -0.25) is 0 Å². The van der Waals surface area contributed by atoms with Gasteiger partial charge in [0.1, 0.15) is 5.60 Å². The standard InChI is InChI=1S/C11H20O5/c1-14-10(15-2)11-4-3-9(16-11)7(5-12)8(11)6-13/h7-10,12-13H,3-6H2,1-2H3/t7-,8+,9+,11-/m0/s1. The summed E-state index contributed by atoms with van der Waals surface area (Å²) in [5.74, 6) is -0.118. The average Bonchev–Trinajstić information content (AvgIpc) is 2.85. The summed E-state index contributed by atoms with van der Waals surface area (Å²) in [6, 6.07) is 0. The summed E-state index contributed by atoms with van der Waals surface area (Å²) in [6.07, 6.45) is 1.25. The lowest BCUT2D eigenvalue weighted by Crippen LogP contribution is -2.51. The smallest absolute Gasteiger partial charge is 0.186 e. The fourth-order valence-electron chi connectivity index (χ4n) is 3.34. The van der Waals surface area contributed by atoms with Gasteiger partial charge in [0, 0.05) is 39.3 Å². The van der Waals surface area contributed by atoms with Gasteiger partial charge < -0.3 is 24.4 Å². The Morgan fingerprint density at radius 1 is 1.31 bits per heavy atom. The van der Waals surface area contributed by atoms with Crippen molar-refractivity contribution in [2.45, 2.75) is 30.8 Å². The third-order valence-electron chi connectivity index (χ3n) is 4.05. The van der Waals surface area contributed by atoms with Crippen LogP contribution in [0, 0.1) is 11.8 Å². The minimum atomic E-state index is -0.587. The molecule has 16 heavy (non-hydrogen) atoms. The van der Waals surface area contributed by atoms with Gasteiger partial charge in [0.2, 0.25) is 0 Å². The maximum absolute atomic E-state index is 9.49. The second-order valence-electron chi connectivity index (χ2n) is 4.59. The Morgan fingerprint density at radius 3 is 2.50 bits per heavy atom. The topological polar surface area (TPSA) is 68.2 Å². The first kappa shape index (κ1) is 12.3. The van der Waals surface area contributed by atoms with E-state index < -0.39 is 11.9 Å². The Morgan fingerprint density at radius 2 is 2.00 bits per heavy atom. The largest absolute Gasteiger partial charge is 0.396 e. The van der Waals surface area contributed by atoms with Gasteiger partial charge in [0.05, 0.1) is 6.10 Å². The highest BCUT2D eigenvalue weighted by Gasteiger charge is 2.62. The number of aliphatic hydroxyl groups excluding tert-OH is 2. The van der Waals surface area contributed by atoms with E-state index >= 15 is 0 Å². The molecule has 2 fully saturated rings. The molecule has 0 aromatic rings. The van der Waals surface area contributed by atoms with Gasteiger partial charge in [-0.25, -0.2) is 0 Å². The average molecular weight is 232 g/mol. The molecule has 0 aromatic carbocycles. The molecule has 94 valence electrons. The predicted octanol–water partition coefficient (Wildman–Crippen LogP) is -0.246. The van der Waals surface area contributed by atoms with E-state index in [1.807, 2.05) is 0 Å². The minimum Gasteiger partial charge on any atom is -0.396 e. The Bertz CT molecular complexity index is 243. The van der Waals surface area contributed by atoms with Crippen molar-refractivity contribution >= 4 is 0 Å². The highest BCUT2D eigenvalue weighted by atomic mass is 16.7. The summed E-state index contributed by atoms with van der Waals surface area (Å²) in [7, 11) is 3.14. The van der Waals surface area contributed by atoms with Gasteiger partial charge in [0.25, 0.3) is 0 Å². The van der Waals surface area contributed by atoms with E-state index in [1.165, 1.54) is 0 Å². The zero-order valence-corrected chi connectivity index (χ0v) is 9.76.